The monoisotopic (exact) mass is 453 g/mol. The number of aromatic nitrogens is 2. The summed E-state index contributed by atoms with van der Waals surface area (Å²) < 4.78 is 28.1. The average Bonchev–Trinajstić information content (AvgIpc) is 3.09. The van der Waals surface area contributed by atoms with E-state index in [0.717, 1.165) is 61.0 Å². The molecule has 1 amide bonds. The van der Waals surface area contributed by atoms with Crippen LogP contribution in [0.1, 0.15) is 17.0 Å². The van der Waals surface area contributed by atoms with Crippen LogP contribution in [-0.4, -0.2) is 59.9 Å². The molecule has 0 saturated carbocycles. The molecule has 8 heteroatoms. The highest BCUT2D eigenvalue weighted by Gasteiger charge is 2.18. The molecule has 174 valence electrons. The van der Waals surface area contributed by atoms with E-state index in [4.69, 9.17) is 0 Å². The Labute approximate surface area is 192 Å². The van der Waals surface area contributed by atoms with Gasteiger partial charge in [0.05, 0.1) is 17.8 Å². The quantitative estimate of drug-likeness (QED) is 0.597. The number of nitrogens with zero attached hydrogens (tertiary/aromatic N) is 4. The number of hydrogen-bond acceptors (Lipinski definition) is 4. The Morgan fingerprint density at radius 3 is 2.09 bits per heavy atom. The van der Waals surface area contributed by atoms with Gasteiger partial charge in [-0.25, -0.2) is 13.5 Å². The van der Waals surface area contributed by atoms with Crippen molar-refractivity contribution in [1.29, 1.82) is 0 Å². The zero-order valence-electron chi connectivity index (χ0n) is 19.0. The second kappa shape index (κ2) is 10.1. The van der Waals surface area contributed by atoms with Crippen molar-refractivity contribution >= 4 is 11.6 Å². The summed E-state index contributed by atoms with van der Waals surface area (Å²) in [5, 5.41) is 7.55. The zero-order valence-corrected chi connectivity index (χ0v) is 19.0. The highest BCUT2D eigenvalue weighted by molar-refractivity contribution is 5.79. The summed E-state index contributed by atoms with van der Waals surface area (Å²) >= 11 is 0. The van der Waals surface area contributed by atoms with Crippen molar-refractivity contribution in [2.75, 3.05) is 44.2 Å². The lowest BCUT2D eigenvalue weighted by molar-refractivity contribution is -0.120. The smallest absolute Gasteiger partial charge is 0.224 e. The van der Waals surface area contributed by atoms with Crippen LogP contribution in [-0.2, 0) is 11.2 Å². The number of halogens is 2. The first-order valence-corrected chi connectivity index (χ1v) is 11.2. The lowest BCUT2D eigenvalue weighted by Crippen LogP contribution is -2.48. The van der Waals surface area contributed by atoms with Gasteiger partial charge in [-0.05, 0) is 62.4 Å². The van der Waals surface area contributed by atoms with Crippen molar-refractivity contribution in [2.24, 2.45) is 0 Å². The molecule has 0 unspecified atom stereocenters. The van der Waals surface area contributed by atoms with Crippen LogP contribution in [0.3, 0.4) is 0 Å². The normalized spacial score (nSPS) is 14.5. The highest BCUT2D eigenvalue weighted by atomic mass is 19.1. The van der Waals surface area contributed by atoms with Crippen LogP contribution in [0.5, 0.6) is 0 Å². The fraction of sp³-hybridized carbons (Fsp3) is 0.360. The summed E-state index contributed by atoms with van der Waals surface area (Å²) in [6.45, 7) is 8.73. The number of nitrogens with one attached hydrogen (secondary N) is 1. The molecule has 2 heterocycles. The molecule has 0 bridgehead atoms. The summed E-state index contributed by atoms with van der Waals surface area (Å²) in [5.74, 6) is -0.553. The van der Waals surface area contributed by atoms with Crippen molar-refractivity contribution in [2.45, 2.75) is 20.3 Å². The van der Waals surface area contributed by atoms with Gasteiger partial charge in [0.1, 0.15) is 11.6 Å². The average molecular weight is 454 g/mol. The van der Waals surface area contributed by atoms with E-state index in [1.165, 1.54) is 24.3 Å². The maximum Gasteiger partial charge on any atom is 0.224 e. The van der Waals surface area contributed by atoms with Gasteiger partial charge in [0.15, 0.2) is 0 Å². The first-order chi connectivity index (χ1) is 15.9. The number of aryl methyl sites for hydroxylation is 1. The molecule has 33 heavy (non-hydrogen) atoms. The zero-order chi connectivity index (χ0) is 23.4. The minimum absolute atomic E-state index is 0.0372. The third kappa shape index (κ3) is 5.57. The summed E-state index contributed by atoms with van der Waals surface area (Å²) in [6.07, 6.45) is 0.261. The van der Waals surface area contributed by atoms with Gasteiger partial charge in [-0.2, -0.15) is 5.10 Å². The highest BCUT2D eigenvalue weighted by Crippen LogP contribution is 2.19. The number of anilines is 1. The third-order valence-corrected chi connectivity index (χ3v) is 6.16. The number of piperazine rings is 1. The van der Waals surface area contributed by atoms with Crippen LogP contribution in [0, 0.1) is 25.5 Å². The van der Waals surface area contributed by atoms with Crippen LogP contribution in [0.2, 0.25) is 0 Å². The Morgan fingerprint density at radius 1 is 0.909 bits per heavy atom. The summed E-state index contributed by atoms with van der Waals surface area (Å²) in [6, 6.07) is 12.8. The molecule has 0 spiro atoms. The molecular formula is C25H29F2N5O. The Kier molecular flexibility index (Phi) is 7.03. The van der Waals surface area contributed by atoms with Crippen molar-refractivity contribution in [1.82, 2.24) is 20.0 Å². The summed E-state index contributed by atoms with van der Waals surface area (Å²) in [7, 11) is 0. The van der Waals surface area contributed by atoms with E-state index in [0.29, 0.717) is 6.54 Å². The largest absolute Gasteiger partial charge is 0.369 e. The molecule has 1 saturated heterocycles. The molecule has 0 aliphatic carbocycles. The topological polar surface area (TPSA) is 53.4 Å². The van der Waals surface area contributed by atoms with E-state index < -0.39 is 0 Å². The Balaban J connectivity index is 1.24. The SMILES string of the molecule is Cc1nn(-c2ccc(F)cc2)c(C)c1CC(=O)NCCN1CCN(c2ccc(F)cc2)CC1. The minimum atomic E-state index is -0.295. The number of benzene rings is 2. The molecule has 1 fully saturated rings. The van der Waals surface area contributed by atoms with Crippen LogP contribution < -0.4 is 10.2 Å². The van der Waals surface area contributed by atoms with E-state index in [-0.39, 0.29) is 24.0 Å². The van der Waals surface area contributed by atoms with Crippen LogP contribution in [0.4, 0.5) is 14.5 Å². The van der Waals surface area contributed by atoms with Gasteiger partial charge in [0, 0.05) is 56.2 Å². The van der Waals surface area contributed by atoms with Gasteiger partial charge in [0.2, 0.25) is 5.91 Å². The van der Waals surface area contributed by atoms with Crippen LogP contribution in [0.25, 0.3) is 5.69 Å². The van der Waals surface area contributed by atoms with Gasteiger partial charge >= 0.3 is 0 Å². The molecule has 1 aliphatic heterocycles. The van der Waals surface area contributed by atoms with Gasteiger partial charge in [-0.1, -0.05) is 0 Å². The number of carbonyl (C=O) groups excluding carboxylic acids is 1. The second-order valence-corrected chi connectivity index (χ2v) is 8.37. The van der Waals surface area contributed by atoms with Crippen molar-refractivity contribution in [3.05, 3.63) is 77.1 Å². The Hall–Kier alpha value is -3.26. The predicted molar refractivity (Wildman–Crippen MR) is 125 cm³/mol. The minimum Gasteiger partial charge on any atom is -0.369 e. The predicted octanol–water partition coefficient (Wildman–Crippen LogP) is 3.25. The van der Waals surface area contributed by atoms with Gasteiger partial charge in [0.25, 0.3) is 0 Å². The molecule has 1 aliphatic rings. The second-order valence-electron chi connectivity index (χ2n) is 8.37. The maximum absolute atomic E-state index is 13.2. The van der Waals surface area contributed by atoms with Gasteiger partial charge < -0.3 is 10.2 Å². The molecule has 4 rings (SSSR count). The Morgan fingerprint density at radius 2 is 1.48 bits per heavy atom. The van der Waals surface area contributed by atoms with E-state index in [1.807, 2.05) is 26.0 Å². The number of amides is 1. The maximum atomic E-state index is 13.2. The molecule has 1 aromatic heterocycles. The van der Waals surface area contributed by atoms with Crippen LogP contribution in [0.15, 0.2) is 48.5 Å². The lowest BCUT2D eigenvalue weighted by Gasteiger charge is -2.36. The fourth-order valence-corrected chi connectivity index (χ4v) is 4.22. The van der Waals surface area contributed by atoms with E-state index in [1.54, 1.807) is 16.8 Å². The molecule has 0 radical (unpaired) electrons. The molecule has 2 aromatic carbocycles. The summed E-state index contributed by atoms with van der Waals surface area (Å²) in [4.78, 5) is 17.1. The molecular weight excluding hydrogens is 424 g/mol. The molecule has 6 nitrogen and oxygen atoms in total. The number of rotatable bonds is 7. The van der Waals surface area contributed by atoms with Crippen molar-refractivity contribution in [3.63, 3.8) is 0 Å². The van der Waals surface area contributed by atoms with E-state index in [9.17, 15) is 13.6 Å². The lowest BCUT2D eigenvalue weighted by atomic mass is 10.1. The number of hydrogen-bond donors (Lipinski definition) is 1. The molecule has 3 aromatic rings. The third-order valence-electron chi connectivity index (χ3n) is 6.16. The first-order valence-electron chi connectivity index (χ1n) is 11.2. The fourth-order valence-electron chi connectivity index (χ4n) is 4.22. The Bertz CT molecular complexity index is 1090. The van der Waals surface area contributed by atoms with Gasteiger partial charge in [-0.15, -0.1) is 0 Å². The van der Waals surface area contributed by atoms with Gasteiger partial charge in [-0.3, -0.25) is 9.69 Å². The number of carbonyl (C=O) groups is 1. The van der Waals surface area contributed by atoms with E-state index in [2.05, 4.69) is 20.2 Å². The molecule has 0 atom stereocenters. The van der Waals surface area contributed by atoms with Crippen molar-refractivity contribution in [3.8, 4) is 5.69 Å². The first kappa shape index (κ1) is 22.9. The standard InChI is InChI=1S/C25H29F2N5O/c1-18-24(19(2)32(29-18)23-9-5-21(27)6-10-23)17-25(33)28-11-12-30-13-15-31(16-14-30)22-7-3-20(26)4-8-22/h3-10H,11-17H2,1-2H3,(H,28,33). The summed E-state index contributed by atoms with van der Waals surface area (Å²) in [5.41, 5.74) is 4.37. The van der Waals surface area contributed by atoms with E-state index >= 15 is 0 Å². The molecule has 1 N–H and O–H groups in total. The van der Waals surface area contributed by atoms with Crippen molar-refractivity contribution < 1.29 is 13.6 Å². The van der Waals surface area contributed by atoms with Crippen LogP contribution >= 0.6 is 0 Å².